The summed E-state index contributed by atoms with van der Waals surface area (Å²) in [6.07, 6.45) is 5.99. The summed E-state index contributed by atoms with van der Waals surface area (Å²) in [4.78, 5) is 19.5. The van der Waals surface area contributed by atoms with E-state index in [9.17, 15) is 13.2 Å². The van der Waals surface area contributed by atoms with Crippen LogP contribution in [0.25, 0.3) is 11.0 Å². The average molecular weight is 436 g/mol. The first kappa shape index (κ1) is 22.7. The van der Waals surface area contributed by atoms with Gasteiger partial charge in [0.1, 0.15) is 5.82 Å². The molecule has 1 amide bonds. The van der Waals surface area contributed by atoms with E-state index >= 15 is 0 Å². The zero-order chi connectivity index (χ0) is 21.7. The molecule has 1 aromatic heterocycles. The van der Waals surface area contributed by atoms with Crippen molar-refractivity contribution in [3.05, 3.63) is 24.0 Å². The van der Waals surface area contributed by atoms with Crippen LogP contribution >= 0.6 is 0 Å². The first-order chi connectivity index (χ1) is 14.3. The van der Waals surface area contributed by atoms with Crippen molar-refractivity contribution in [2.75, 3.05) is 40.3 Å². The predicted octanol–water partition coefficient (Wildman–Crippen LogP) is 1.75. The Kier molecular flexibility index (Phi) is 7.49. The number of benzene rings is 1. The molecular weight excluding hydrogens is 402 g/mol. The zero-order valence-corrected chi connectivity index (χ0v) is 19.0. The second kappa shape index (κ2) is 9.89. The summed E-state index contributed by atoms with van der Waals surface area (Å²) < 4.78 is 27.8. The summed E-state index contributed by atoms with van der Waals surface area (Å²) in [5, 5.41) is 3.01. The Hall–Kier alpha value is -1.97. The second-order valence-electron chi connectivity index (χ2n) is 8.13. The van der Waals surface area contributed by atoms with Crippen molar-refractivity contribution in [2.45, 2.75) is 43.4 Å². The largest absolute Gasteiger partial charge is 0.355 e. The molecular formula is C21H33N5O3S. The van der Waals surface area contributed by atoms with Gasteiger partial charge in [0.05, 0.1) is 15.9 Å². The molecule has 1 fully saturated rings. The number of hydrogen-bond donors (Lipinski definition) is 1. The molecule has 9 heteroatoms. The third kappa shape index (κ3) is 5.39. The maximum absolute atomic E-state index is 12.4. The highest BCUT2D eigenvalue weighted by molar-refractivity contribution is 7.89. The van der Waals surface area contributed by atoms with E-state index in [-0.39, 0.29) is 10.8 Å². The number of imidazole rings is 1. The smallest absolute Gasteiger partial charge is 0.242 e. The van der Waals surface area contributed by atoms with Crippen LogP contribution in [0.3, 0.4) is 0 Å². The first-order valence-corrected chi connectivity index (χ1v) is 12.1. The lowest BCUT2D eigenvalue weighted by atomic mass is 10.2. The molecule has 0 radical (unpaired) electrons. The van der Waals surface area contributed by atoms with Crippen LogP contribution in [-0.2, 0) is 28.3 Å². The average Bonchev–Trinajstić information content (AvgIpc) is 2.86. The van der Waals surface area contributed by atoms with Crippen LogP contribution in [0.4, 0.5) is 0 Å². The van der Waals surface area contributed by atoms with Gasteiger partial charge in [0.2, 0.25) is 15.9 Å². The number of sulfonamides is 1. The van der Waals surface area contributed by atoms with E-state index < -0.39 is 10.0 Å². The number of carbonyl (C=O) groups excluding carboxylic acids is 1. The molecule has 0 unspecified atom stereocenters. The van der Waals surface area contributed by atoms with Gasteiger partial charge in [-0.15, -0.1) is 0 Å². The fourth-order valence-electron chi connectivity index (χ4n) is 3.85. The third-order valence-electron chi connectivity index (χ3n) is 5.75. The van der Waals surface area contributed by atoms with Gasteiger partial charge in [0.15, 0.2) is 0 Å². The number of nitrogens with one attached hydrogen (secondary N) is 1. The van der Waals surface area contributed by atoms with Gasteiger partial charge in [-0.25, -0.2) is 17.7 Å². The highest BCUT2D eigenvalue weighted by Crippen LogP contribution is 2.21. The summed E-state index contributed by atoms with van der Waals surface area (Å²) in [6.45, 7) is 3.83. The minimum Gasteiger partial charge on any atom is -0.355 e. The zero-order valence-electron chi connectivity index (χ0n) is 18.2. The van der Waals surface area contributed by atoms with Crippen LogP contribution in [0.1, 0.15) is 37.9 Å². The molecule has 0 saturated carbocycles. The molecule has 166 valence electrons. The maximum atomic E-state index is 12.4. The van der Waals surface area contributed by atoms with Gasteiger partial charge >= 0.3 is 0 Å². The maximum Gasteiger partial charge on any atom is 0.242 e. The molecule has 0 aliphatic carbocycles. The Labute approximate surface area is 179 Å². The van der Waals surface area contributed by atoms with Crippen molar-refractivity contribution in [2.24, 2.45) is 7.05 Å². The molecule has 1 aromatic carbocycles. The number of aryl methyl sites for hydroxylation is 2. The third-order valence-corrected chi connectivity index (χ3v) is 7.56. The lowest BCUT2D eigenvalue weighted by Crippen LogP contribution is -2.35. The molecule has 8 nitrogen and oxygen atoms in total. The second-order valence-corrected chi connectivity index (χ2v) is 10.3. The van der Waals surface area contributed by atoms with Crippen LogP contribution < -0.4 is 5.32 Å². The summed E-state index contributed by atoms with van der Waals surface area (Å²) in [6, 6.07) is 4.96. The van der Waals surface area contributed by atoms with Gasteiger partial charge < -0.3 is 14.8 Å². The highest BCUT2D eigenvalue weighted by Gasteiger charge is 2.19. The van der Waals surface area contributed by atoms with E-state index in [4.69, 9.17) is 0 Å². The van der Waals surface area contributed by atoms with Crippen LogP contribution in [0.2, 0.25) is 0 Å². The molecule has 30 heavy (non-hydrogen) atoms. The van der Waals surface area contributed by atoms with Crippen LogP contribution in [0.5, 0.6) is 0 Å². The Morgan fingerprint density at radius 2 is 1.87 bits per heavy atom. The first-order valence-electron chi connectivity index (χ1n) is 10.7. The van der Waals surface area contributed by atoms with E-state index in [2.05, 4.69) is 15.2 Å². The minimum atomic E-state index is -3.50. The number of likely N-dealkylation sites (tertiary alicyclic amines) is 1. The van der Waals surface area contributed by atoms with Gasteiger partial charge in [-0.1, -0.05) is 12.8 Å². The predicted molar refractivity (Wildman–Crippen MR) is 118 cm³/mol. The van der Waals surface area contributed by atoms with E-state index in [0.29, 0.717) is 24.9 Å². The normalized spacial score (nSPS) is 16.1. The SMILES string of the molecule is CN(C)S(=O)(=O)c1ccc2c(c1)nc(CCC(=O)NCCN1CCCCCC1)n2C. The minimum absolute atomic E-state index is 0.0211. The van der Waals surface area contributed by atoms with Crippen molar-refractivity contribution in [1.82, 2.24) is 24.1 Å². The summed E-state index contributed by atoms with van der Waals surface area (Å²) >= 11 is 0. The number of amides is 1. The van der Waals surface area contributed by atoms with Crippen molar-refractivity contribution < 1.29 is 13.2 Å². The molecule has 0 bridgehead atoms. The summed E-state index contributed by atoms with van der Waals surface area (Å²) in [5.41, 5.74) is 1.47. The highest BCUT2D eigenvalue weighted by atomic mass is 32.2. The molecule has 3 rings (SSSR count). The van der Waals surface area contributed by atoms with Crippen LogP contribution in [-0.4, -0.2) is 73.4 Å². The number of carbonyl (C=O) groups is 1. The molecule has 1 aliphatic rings. The van der Waals surface area contributed by atoms with Crippen molar-refractivity contribution in [3.63, 3.8) is 0 Å². The summed E-state index contributed by atoms with van der Waals surface area (Å²) in [5.74, 6) is 0.792. The standard InChI is InChI=1S/C21H33N5O3S/c1-24(2)30(28,29)17-8-9-19-18(16-17)23-20(25(19)3)10-11-21(27)22-12-15-26-13-6-4-5-7-14-26/h8-9,16H,4-7,10-15H2,1-3H3,(H,22,27). The Morgan fingerprint density at radius 1 is 1.17 bits per heavy atom. The number of nitrogens with zero attached hydrogens (tertiary/aromatic N) is 4. The molecule has 2 aromatic rings. The quantitative estimate of drug-likeness (QED) is 0.683. The molecule has 1 saturated heterocycles. The Bertz CT molecular complexity index is 976. The van der Waals surface area contributed by atoms with E-state index in [1.54, 1.807) is 18.2 Å². The fraction of sp³-hybridized carbons (Fsp3) is 0.619. The monoisotopic (exact) mass is 435 g/mol. The number of fused-ring (bicyclic) bond motifs is 1. The lowest BCUT2D eigenvalue weighted by Gasteiger charge is -2.19. The summed E-state index contributed by atoms with van der Waals surface area (Å²) in [7, 11) is 1.40. The molecule has 2 heterocycles. The van der Waals surface area contributed by atoms with Crippen molar-refractivity contribution in [3.8, 4) is 0 Å². The van der Waals surface area contributed by atoms with Gasteiger partial charge in [-0.3, -0.25) is 4.79 Å². The van der Waals surface area contributed by atoms with Gasteiger partial charge in [0, 0.05) is 47.1 Å². The molecule has 1 N–H and O–H groups in total. The van der Waals surface area contributed by atoms with Gasteiger partial charge in [-0.2, -0.15) is 0 Å². The van der Waals surface area contributed by atoms with E-state index in [0.717, 1.165) is 31.0 Å². The Balaban J connectivity index is 1.56. The number of hydrogen-bond acceptors (Lipinski definition) is 5. The fourth-order valence-corrected chi connectivity index (χ4v) is 4.77. The topological polar surface area (TPSA) is 87.5 Å². The van der Waals surface area contributed by atoms with Crippen LogP contribution in [0, 0.1) is 0 Å². The lowest BCUT2D eigenvalue weighted by molar-refractivity contribution is -0.121. The van der Waals surface area contributed by atoms with Gasteiger partial charge in [0.25, 0.3) is 0 Å². The Morgan fingerprint density at radius 3 is 2.53 bits per heavy atom. The van der Waals surface area contributed by atoms with Crippen molar-refractivity contribution >= 4 is 27.0 Å². The van der Waals surface area contributed by atoms with Gasteiger partial charge in [-0.05, 0) is 44.1 Å². The van der Waals surface area contributed by atoms with E-state index in [1.807, 2.05) is 11.6 Å². The van der Waals surface area contributed by atoms with E-state index in [1.165, 1.54) is 44.1 Å². The molecule has 1 aliphatic heterocycles. The number of rotatable bonds is 8. The molecule has 0 atom stereocenters. The van der Waals surface area contributed by atoms with Crippen molar-refractivity contribution in [1.29, 1.82) is 0 Å². The number of aromatic nitrogens is 2. The molecule has 0 spiro atoms. The van der Waals surface area contributed by atoms with Crippen LogP contribution in [0.15, 0.2) is 23.1 Å².